The zero-order chi connectivity index (χ0) is 12.1. The van der Waals surface area contributed by atoms with Gasteiger partial charge in [0.15, 0.2) is 0 Å². The fourth-order valence-corrected chi connectivity index (χ4v) is 3.14. The topological polar surface area (TPSA) is 12.9 Å². The molecule has 0 atom stereocenters. The molecule has 86 valence electrons. The standard InChI is InChI=1S/C16H10BrN/c17-12-7-11-5-6-14-13-4-2-1-3-10(13)8-15(14)16(11)18-9-12/h1-7,9H,8H2. The van der Waals surface area contributed by atoms with E-state index in [2.05, 4.69) is 63.4 Å². The Hall–Kier alpha value is -1.67. The minimum Gasteiger partial charge on any atom is -0.255 e. The van der Waals surface area contributed by atoms with E-state index in [1.807, 2.05) is 6.20 Å². The molecule has 0 amide bonds. The van der Waals surface area contributed by atoms with Crippen LogP contribution in [0, 0.1) is 0 Å². The van der Waals surface area contributed by atoms with E-state index in [0.29, 0.717) is 0 Å². The third-order valence-corrected chi connectivity index (χ3v) is 4.03. The fraction of sp³-hybridized carbons (Fsp3) is 0.0625. The summed E-state index contributed by atoms with van der Waals surface area (Å²) in [6.45, 7) is 0. The summed E-state index contributed by atoms with van der Waals surface area (Å²) in [6.07, 6.45) is 2.88. The Kier molecular flexibility index (Phi) is 2.09. The molecule has 4 rings (SSSR count). The Morgan fingerprint density at radius 3 is 2.83 bits per heavy atom. The van der Waals surface area contributed by atoms with Crippen molar-refractivity contribution in [3.63, 3.8) is 0 Å². The maximum Gasteiger partial charge on any atom is 0.0744 e. The van der Waals surface area contributed by atoms with Crippen molar-refractivity contribution in [1.29, 1.82) is 0 Å². The van der Waals surface area contributed by atoms with Crippen molar-refractivity contribution in [2.75, 3.05) is 0 Å². The zero-order valence-corrected chi connectivity index (χ0v) is 11.2. The smallest absolute Gasteiger partial charge is 0.0744 e. The predicted molar refractivity (Wildman–Crippen MR) is 77.7 cm³/mol. The SMILES string of the molecule is Brc1cnc2c3c(ccc2c1)-c1ccccc1C3. The molecule has 1 aromatic heterocycles. The van der Waals surface area contributed by atoms with Gasteiger partial charge in [-0.2, -0.15) is 0 Å². The molecule has 0 N–H and O–H groups in total. The predicted octanol–water partition coefficient (Wildman–Crippen LogP) is 4.57. The van der Waals surface area contributed by atoms with Gasteiger partial charge in [0.05, 0.1) is 5.52 Å². The molecule has 0 fully saturated rings. The highest BCUT2D eigenvalue weighted by Crippen LogP contribution is 2.39. The minimum absolute atomic E-state index is 0.997. The molecule has 1 aliphatic rings. The van der Waals surface area contributed by atoms with Crippen LogP contribution in [-0.4, -0.2) is 4.98 Å². The quantitative estimate of drug-likeness (QED) is 0.463. The van der Waals surface area contributed by atoms with Crippen LogP contribution < -0.4 is 0 Å². The lowest BCUT2D eigenvalue weighted by Crippen LogP contribution is -1.87. The monoisotopic (exact) mass is 295 g/mol. The molecule has 0 saturated carbocycles. The van der Waals surface area contributed by atoms with Crippen LogP contribution in [0.25, 0.3) is 22.0 Å². The van der Waals surface area contributed by atoms with Crippen molar-refractivity contribution < 1.29 is 0 Å². The summed E-state index contributed by atoms with van der Waals surface area (Å²) in [6, 6.07) is 15.1. The summed E-state index contributed by atoms with van der Waals surface area (Å²) < 4.78 is 1.03. The lowest BCUT2D eigenvalue weighted by molar-refractivity contribution is 1.25. The number of nitrogens with zero attached hydrogens (tertiary/aromatic N) is 1. The number of benzene rings is 2. The number of hydrogen-bond acceptors (Lipinski definition) is 1. The normalized spacial score (nSPS) is 12.5. The minimum atomic E-state index is 0.997. The molecule has 0 bridgehead atoms. The van der Waals surface area contributed by atoms with E-state index in [-0.39, 0.29) is 0 Å². The molecule has 1 nitrogen and oxygen atoms in total. The molecule has 1 heterocycles. The summed E-state index contributed by atoms with van der Waals surface area (Å²) in [5, 5.41) is 1.20. The van der Waals surface area contributed by atoms with Crippen molar-refractivity contribution in [3.8, 4) is 11.1 Å². The first-order chi connectivity index (χ1) is 8.83. The van der Waals surface area contributed by atoms with Gasteiger partial charge in [-0.25, -0.2) is 0 Å². The first-order valence-corrected chi connectivity index (χ1v) is 6.77. The van der Waals surface area contributed by atoms with Crippen LogP contribution in [0.2, 0.25) is 0 Å². The first kappa shape index (κ1) is 10.3. The molecule has 3 aromatic rings. The van der Waals surface area contributed by atoms with Crippen LogP contribution in [0.3, 0.4) is 0 Å². The molecule has 0 unspecified atom stereocenters. The van der Waals surface area contributed by atoms with Gasteiger partial charge >= 0.3 is 0 Å². The molecule has 2 aromatic carbocycles. The molecule has 0 aliphatic heterocycles. The highest BCUT2D eigenvalue weighted by atomic mass is 79.9. The third-order valence-electron chi connectivity index (χ3n) is 3.60. The Balaban J connectivity index is 2.07. The molecule has 18 heavy (non-hydrogen) atoms. The zero-order valence-electron chi connectivity index (χ0n) is 9.65. The fourth-order valence-electron chi connectivity index (χ4n) is 2.79. The van der Waals surface area contributed by atoms with Crippen LogP contribution in [0.1, 0.15) is 11.1 Å². The van der Waals surface area contributed by atoms with E-state index in [1.54, 1.807) is 0 Å². The maximum absolute atomic E-state index is 4.59. The lowest BCUT2D eigenvalue weighted by atomic mass is 10.0. The largest absolute Gasteiger partial charge is 0.255 e. The summed E-state index contributed by atoms with van der Waals surface area (Å²) in [5.74, 6) is 0. The highest BCUT2D eigenvalue weighted by molar-refractivity contribution is 9.10. The Labute approximate surface area is 114 Å². The van der Waals surface area contributed by atoms with Crippen LogP contribution in [0.15, 0.2) is 53.1 Å². The number of pyridine rings is 1. The molecule has 0 spiro atoms. The van der Waals surface area contributed by atoms with Gasteiger partial charge < -0.3 is 0 Å². The van der Waals surface area contributed by atoms with Crippen molar-refractivity contribution in [2.45, 2.75) is 6.42 Å². The van der Waals surface area contributed by atoms with E-state index in [4.69, 9.17) is 0 Å². The van der Waals surface area contributed by atoms with E-state index in [9.17, 15) is 0 Å². The number of fused-ring (bicyclic) bond motifs is 5. The van der Waals surface area contributed by atoms with Gasteiger partial charge in [0.25, 0.3) is 0 Å². The molecule has 2 heteroatoms. The van der Waals surface area contributed by atoms with Crippen LogP contribution in [0.5, 0.6) is 0 Å². The Morgan fingerprint density at radius 2 is 1.89 bits per heavy atom. The van der Waals surface area contributed by atoms with E-state index in [0.717, 1.165) is 16.4 Å². The summed E-state index contributed by atoms with van der Waals surface area (Å²) in [4.78, 5) is 4.59. The number of aromatic nitrogens is 1. The van der Waals surface area contributed by atoms with Gasteiger partial charge in [-0.15, -0.1) is 0 Å². The van der Waals surface area contributed by atoms with Crippen LogP contribution in [-0.2, 0) is 6.42 Å². The van der Waals surface area contributed by atoms with Crippen molar-refractivity contribution in [2.24, 2.45) is 0 Å². The van der Waals surface area contributed by atoms with Gasteiger partial charge in [0, 0.05) is 22.5 Å². The average Bonchev–Trinajstić information content (AvgIpc) is 2.77. The molecule has 0 radical (unpaired) electrons. The first-order valence-electron chi connectivity index (χ1n) is 5.98. The van der Waals surface area contributed by atoms with Crippen molar-refractivity contribution in [1.82, 2.24) is 4.98 Å². The van der Waals surface area contributed by atoms with Crippen molar-refractivity contribution in [3.05, 3.63) is 64.3 Å². The van der Waals surface area contributed by atoms with Crippen LogP contribution >= 0.6 is 15.9 Å². The van der Waals surface area contributed by atoms with E-state index in [1.165, 1.54) is 27.6 Å². The van der Waals surface area contributed by atoms with Gasteiger partial charge in [-0.1, -0.05) is 36.4 Å². The summed E-state index contributed by atoms with van der Waals surface area (Å²) in [7, 11) is 0. The van der Waals surface area contributed by atoms with Gasteiger partial charge in [0.1, 0.15) is 0 Å². The third kappa shape index (κ3) is 1.36. The number of halogens is 1. The average molecular weight is 296 g/mol. The number of hydrogen-bond donors (Lipinski definition) is 0. The van der Waals surface area contributed by atoms with E-state index >= 15 is 0 Å². The second-order valence-electron chi connectivity index (χ2n) is 4.65. The summed E-state index contributed by atoms with van der Waals surface area (Å²) in [5.41, 5.74) is 6.60. The van der Waals surface area contributed by atoms with Gasteiger partial charge in [-0.3, -0.25) is 4.98 Å². The number of rotatable bonds is 0. The molecule has 1 aliphatic carbocycles. The second kappa shape index (κ2) is 3.66. The molecular weight excluding hydrogens is 286 g/mol. The lowest BCUT2D eigenvalue weighted by Gasteiger charge is -2.05. The maximum atomic E-state index is 4.59. The Morgan fingerprint density at radius 1 is 1.00 bits per heavy atom. The second-order valence-corrected chi connectivity index (χ2v) is 5.57. The van der Waals surface area contributed by atoms with E-state index < -0.39 is 0 Å². The molecular formula is C16H10BrN. The van der Waals surface area contributed by atoms with Gasteiger partial charge in [0.2, 0.25) is 0 Å². The van der Waals surface area contributed by atoms with Gasteiger partial charge in [-0.05, 0) is 44.3 Å². The molecule has 0 saturated heterocycles. The van der Waals surface area contributed by atoms with Crippen LogP contribution in [0.4, 0.5) is 0 Å². The Bertz CT molecular complexity index is 777. The van der Waals surface area contributed by atoms with Crippen molar-refractivity contribution >= 4 is 26.8 Å². The summed E-state index contributed by atoms with van der Waals surface area (Å²) >= 11 is 3.48. The highest BCUT2D eigenvalue weighted by Gasteiger charge is 2.20.